The van der Waals surface area contributed by atoms with E-state index in [1.807, 2.05) is 30.0 Å². The van der Waals surface area contributed by atoms with Crippen LogP contribution in [0, 0.1) is 0 Å². The SMILES string of the molecule is COC1=C(c2ccn(COCC[Si](C)(C)C)c2)C(Cl)(OC)N=C(C)N1. The molecule has 0 radical (unpaired) electrons. The number of nitrogens with one attached hydrogen (secondary N) is 1. The van der Waals surface area contributed by atoms with Crippen LogP contribution in [0.4, 0.5) is 0 Å². The molecule has 0 saturated heterocycles. The second kappa shape index (κ2) is 7.95. The van der Waals surface area contributed by atoms with Gasteiger partial charge in [0, 0.05) is 39.7 Å². The van der Waals surface area contributed by atoms with E-state index in [4.69, 9.17) is 25.8 Å². The summed E-state index contributed by atoms with van der Waals surface area (Å²) in [6, 6.07) is 3.09. The highest BCUT2D eigenvalue weighted by atomic mass is 35.5. The van der Waals surface area contributed by atoms with Crippen molar-refractivity contribution in [3.8, 4) is 0 Å². The molecule has 1 N–H and O–H groups in total. The third-order valence-electron chi connectivity index (χ3n) is 3.89. The van der Waals surface area contributed by atoms with Crippen molar-refractivity contribution in [3.63, 3.8) is 0 Å². The summed E-state index contributed by atoms with van der Waals surface area (Å²) in [5, 5.41) is 1.78. The van der Waals surface area contributed by atoms with Gasteiger partial charge in [0.05, 0.1) is 12.7 Å². The first-order chi connectivity index (χ1) is 11.7. The minimum Gasteiger partial charge on any atom is -0.482 e. The molecule has 1 atom stereocenters. The standard InChI is InChI=1S/C17H28ClN3O3Si/c1-13-19-16(22-2)15(17(18,20-13)23-3)14-7-8-21(11-14)12-24-9-10-25(4,5)6/h7-8,11H,9-10,12H2,1-6H3,(H,19,20). The maximum Gasteiger partial charge on any atom is 0.271 e. The number of amidine groups is 1. The van der Waals surface area contributed by atoms with Crippen LogP contribution in [0.2, 0.25) is 25.7 Å². The molecule has 0 spiro atoms. The van der Waals surface area contributed by atoms with Gasteiger partial charge in [-0.2, -0.15) is 0 Å². The Labute approximate surface area is 155 Å². The molecular formula is C17H28ClN3O3Si. The summed E-state index contributed by atoms with van der Waals surface area (Å²) in [6.45, 7) is 10.1. The maximum absolute atomic E-state index is 6.59. The summed E-state index contributed by atoms with van der Waals surface area (Å²) in [5.74, 6) is 1.16. The van der Waals surface area contributed by atoms with E-state index >= 15 is 0 Å². The average molecular weight is 386 g/mol. The molecule has 1 aromatic heterocycles. The number of nitrogens with zero attached hydrogens (tertiary/aromatic N) is 2. The fourth-order valence-corrected chi connectivity index (χ4v) is 3.57. The largest absolute Gasteiger partial charge is 0.482 e. The van der Waals surface area contributed by atoms with Crippen molar-refractivity contribution in [1.82, 2.24) is 9.88 Å². The third-order valence-corrected chi connectivity index (χ3v) is 6.02. The number of ether oxygens (including phenoxy) is 3. The number of hydrogen-bond acceptors (Lipinski definition) is 5. The van der Waals surface area contributed by atoms with Gasteiger partial charge < -0.3 is 24.1 Å². The van der Waals surface area contributed by atoms with Gasteiger partial charge in [-0.05, 0) is 19.0 Å². The third kappa shape index (κ3) is 5.10. The zero-order valence-corrected chi connectivity index (χ0v) is 17.6. The predicted octanol–water partition coefficient (Wildman–Crippen LogP) is 3.68. The molecule has 0 saturated carbocycles. The van der Waals surface area contributed by atoms with Crippen LogP contribution in [-0.2, 0) is 20.9 Å². The van der Waals surface area contributed by atoms with Crippen LogP contribution in [0.5, 0.6) is 0 Å². The van der Waals surface area contributed by atoms with Gasteiger partial charge in [-0.3, -0.25) is 0 Å². The Bertz CT molecular complexity index is 666. The van der Waals surface area contributed by atoms with E-state index < -0.39 is 13.3 Å². The lowest BCUT2D eigenvalue weighted by Crippen LogP contribution is -2.37. The van der Waals surface area contributed by atoms with Crippen molar-refractivity contribution in [2.75, 3.05) is 20.8 Å². The maximum atomic E-state index is 6.59. The number of halogens is 1. The molecule has 1 aromatic rings. The summed E-state index contributed by atoms with van der Waals surface area (Å²) in [7, 11) is 2.04. The zero-order chi connectivity index (χ0) is 18.7. The molecule has 6 nitrogen and oxygen atoms in total. The van der Waals surface area contributed by atoms with Crippen molar-refractivity contribution in [2.45, 2.75) is 44.5 Å². The lowest BCUT2D eigenvalue weighted by molar-refractivity contribution is 0.0873. The smallest absolute Gasteiger partial charge is 0.271 e. The number of rotatable bonds is 8. The van der Waals surface area contributed by atoms with Crippen LogP contribution in [-0.4, -0.2) is 44.5 Å². The molecule has 2 heterocycles. The molecule has 8 heteroatoms. The van der Waals surface area contributed by atoms with E-state index in [2.05, 4.69) is 30.0 Å². The lowest BCUT2D eigenvalue weighted by atomic mass is 10.1. The van der Waals surface area contributed by atoms with Crippen LogP contribution in [0.15, 0.2) is 29.3 Å². The van der Waals surface area contributed by atoms with Crippen molar-refractivity contribution in [3.05, 3.63) is 29.9 Å². The summed E-state index contributed by atoms with van der Waals surface area (Å²) in [6.07, 6.45) is 3.90. The first-order valence-electron chi connectivity index (χ1n) is 8.29. The average Bonchev–Trinajstić information content (AvgIpc) is 2.98. The van der Waals surface area contributed by atoms with Gasteiger partial charge in [-0.15, -0.1) is 0 Å². The molecule has 0 fully saturated rings. The molecular weight excluding hydrogens is 358 g/mol. The van der Waals surface area contributed by atoms with Crippen molar-refractivity contribution < 1.29 is 14.2 Å². The minimum absolute atomic E-state index is 0.498. The quantitative estimate of drug-likeness (QED) is 0.321. The second-order valence-electron chi connectivity index (χ2n) is 7.26. The molecule has 2 rings (SSSR count). The highest BCUT2D eigenvalue weighted by Crippen LogP contribution is 2.39. The van der Waals surface area contributed by atoms with Gasteiger partial charge in [0.15, 0.2) is 0 Å². The van der Waals surface area contributed by atoms with E-state index in [-0.39, 0.29) is 0 Å². The topological polar surface area (TPSA) is 57.0 Å². The summed E-state index contributed by atoms with van der Waals surface area (Å²) in [5.41, 5.74) is 1.51. The van der Waals surface area contributed by atoms with Crippen molar-refractivity contribution >= 4 is 31.1 Å². The number of alkyl halides is 1. The van der Waals surface area contributed by atoms with Crippen LogP contribution in [0.3, 0.4) is 0 Å². The molecule has 0 aliphatic carbocycles. The molecule has 1 aliphatic rings. The van der Waals surface area contributed by atoms with Crippen LogP contribution < -0.4 is 5.32 Å². The van der Waals surface area contributed by atoms with Gasteiger partial charge in [-0.1, -0.05) is 31.2 Å². The predicted molar refractivity (Wildman–Crippen MR) is 104 cm³/mol. The van der Waals surface area contributed by atoms with Crippen LogP contribution >= 0.6 is 11.6 Å². The molecule has 25 heavy (non-hydrogen) atoms. The Morgan fingerprint density at radius 3 is 2.64 bits per heavy atom. The van der Waals surface area contributed by atoms with Gasteiger partial charge in [0.25, 0.3) is 5.18 Å². The lowest BCUT2D eigenvalue weighted by Gasteiger charge is -2.30. The molecule has 140 valence electrons. The first-order valence-corrected chi connectivity index (χ1v) is 12.4. The van der Waals surface area contributed by atoms with E-state index in [1.54, 1.807) is 7.11 Å². The Hall–Kier alpha value is -1.28. The molecule has 1 unspecified atom stereocenters. The van der Waals surface area contributed by atoms with E-state index in [0.29, 0.717) is 24.0 Å². The normalized spacial score (nSPS) is 21.2. The molecule has 0 aromatic carbocycles. The first kappa shape index (κ1) is 20.0. The summed E-state index contributed by atoms with van der Waals surface area (Å²) < 4.78 is 18.7. The second-order valence-corrected chi connectivity index (χ2v) is 13.4. The Kier molecular flexibility index (Phi) is 6.37. The van der Waals surface area contributed by atoms with E-state index in [1.165, 1.54) is 7.11 Å². The number of aromatic nitrogens is 1. The van der Waals surface area contributed by atoms with Crippen molar-refractivity contribution in [2.24, 2.45) is 4.99 Å². The molecule has 0 amide bonds. The fraction of sp³-hybridized carbons (Fsp3) is 0.588. The molecule has 0 bridgehead atoms. The highest BCUT2D eigenvalue weighted by Gasteiger charge is 2.39. The Morgan fingerprint density at radius 2 is 2.04 bits per heavy atom. The number of hydrogen-bond donors (Lipinski definition) is 1. The van der Waals surface area contributed by atoms with Gasteiger partial charge >= 0.3 is 0 Å². The van der Waals surface area contributed by atoms with E-state index in [0.717, 1.165) is 18.2 Å². The highest BCUT2D eigenvalue weighted by molar-refractivity contribution is 6.76. The van der Waals surface area contributed by atoms with Crippen LogP contribution in [0.1, 0.15) is 12.5 Å². The Morgan fingerprint density at radius 1 is 1.32 bits per heavy atom. The van der Waals surface area contributed by atoms with Gasteiger partial charge in [0.1, 0.15) is 12.6 Å². The molecule has 1 aliphatic heterocycles. The minimum atomic E-state index is -1.31. The summed E-state index contributed by atoms with van der Waals surface area (Å²) in [4.78, 5) is 4.38. The zero-order valence-electron chi connectivity index (χ0n) is 15.9. The number of methoxy groups -OCH3 is 2. The number of aliphatic imine (C=N–C) groups is 1. The van der Waals surface area contributed by atoms with Crippen molar-refractivity contribution in [1.29, 1.82) is 0 Å². The summed E-state index contributed by atoms with van der Waals surface area (Å²) >= 11 is 6.59. The fourth-order valence-electron chi connectivity index (χ4n) is 2.49. The van der Waals surface area contributed by atoms with Gasteiger partial charge in [0.2, 0.25) is 5.88 Å². The van der Waals surface area contributed by atoms with Crippen LogP contribution in [0.25, 0.3) is 5.57 Å². The monoisotopic (exact) mass is 385 g/mol. The Balaban J connectivity index is 2.14. The van der Waals surface area contributed by atoms with E-state index in [9.17, 15) is 0 Å². The van der Waals surface area contributed by atoms with Gasteiger partial charge in [-0.25, -0.2) is 4.99 Å².